The number of rotatable bonds is 0. The summed E-state index contributed by atoms with van der Waals surface area (Å²) in [4.78, 5) is 2.41. The van der Waals surface area contributed by atoms with Crippen LogP contribution in [0.2, 0.25) is 0 Å². The molecule has 0 aromatic carbocycles. The molecule has 2 fully saturated rings. The standard InChI is InChI=1S/C8H15NO.2C2H6/c1-9-4-2-8(6-9)3-5-10-7-8;2*1-2/h2-7H2,1H3;2*1-2H3. The lowest BCUT2D eigenvalue weighted by Crippen LogP contribution is -2.24. The molecule has 0 saturated carbocycles. The fraction of sp³-hybridized carbons (Fsp3) is 1.00. The summed E-state index contributed by atoms with van der Waals surface area (Å²) in [7, 11) is 2.20. The highest BCUT2D eigenvalue weighted by Gasteiger charge is 2.39. The van der Waals surface area contributed by atoms with Gasteiger partial charge in [0, 0.05) is 18.6 Å². The summed E-state index contributed by atoms with van der Waals surface area (Å²) in [5, 5.41) is 0. The highest BCUT2D eigenvalue weighted by atomic mass is 16.5. The Morgan fingerprint density at radius 2 is 1.71 bits per heavy atom. The normalized spacial score (nSPS) is 30.6. The second-order valence-corrected chi connectivity index (χ2v) is 3.79. The summed E-state index contributed by atoms with van der Waals surface area (Å²) in [6, 6.07) is 0. The van der Waals surface area contributed by atoms with Crippen molar-refractivity contribution in [3.63, 3.8) is 0 Å². The largest absolute Gasteiger partial charge is 0.381 e. The van der Waals surface area contributed by atoms with Gasteiger partial charge in [-0.05, 0) is 26.4 Å². The molecule has 1 spiro atoms. The van der Waals surface area contributed by atoms with Gasteiger partial charge in [0.1, 0.15) is 0 Å². The van der Waals surface area contributed by atoms with Crippen molar-refractivity contribution in [1.82, 2.24) is 4.90 Å². The first-order valence-electron chi connectivity index (χ1n) is 6.07. The van der Waals surface area contributed by atoms with Crippen molar-refractivity contribution in [2.45, 2.75) is 40.5 Å². The molecule has 2 rings (SSSR count). The number of nitrogens with zero attached hydrogens (tertiary/aromatic N) is 1. The molecule has 1 unspecified atom stereocenters. The van der Waals surface area contributed by atoms with Crippen LogP contribution in [0.25, 0.3) is 0 Å². The van der Waals surface area contributed by atoms with Crippen LogP contribution >= 0.6 is 0 Å². The van der Waals surface area contributed by atoms with Gasteiger partial charge >= 0.3 is 0 Å². The Morgan fingerprint density at radius 1 is 1.07 bits per heavy atom. The van der Waals surface area contributed by atoms with Gasteiger partial charge < -0.3 is 9.64 Å². The Labute approximate surface area is 89.6 Å². The van der Waals surface area contributed by atoms with Gasteiger partial charge in [-0.15, -0.1) is 0 Å². The van der Waals surface area contributed by atoms with Crippen molar-refractivity contribution < 1.29 is 4.74 Å². The van der Waals surface area contributed by atoms with Crippen molar-refractivity contribution in [2.75, 3.05) is 33.4 Å². The van der Waals surface area contributed by atoms with Gasteiger partial charge in [-0.3, -0.25) is 0 Å². The third-order valence-corrected chi connectivity index (χ3v) is 2.81. The Kier molecular flexibility index (Phi) is 7.20. The van der Waals surface area contributed by atoms with E-state index in [1.54, 1.807) is 0 Å². The maximum Gasteiger partial charge on any atom is 0.0536 e. The van der Waals surface area contributed by atoms with Gasteiger partial charge in [-0.1, -0.05) is 27.7 Å². The van der Waals surface area contributed by atoms with E-state index in [9.17, 15) is 0 Å². The van der Waals surface area contributed by atoms with Crippen LogP contribution in [-0.4, -0.2) is 38.3 Å². The fourth-order valence-corrected chi connectivity index (χ4v) is 2.13. The molecule has 2 nitrogen and oxygen atoms in total. The average molecular weight is 201 g/mol. The zero-order chi connectivity index (χ0) is 11.0. The number of hydrogen-bond donors (Lipinski definition) is 0. The van der Waals surface area contributed by atoms with E-state index in [0.717, 1.165) is 13.2 Å². The molecule has 0 bridgehead atoms. The third-order valence-electron chi connectivity index (χ3n) is 2.81. The molecule has 0 N–H and O–H groups in total. The molecule has 2 aliphatic rings. The van der Waals surface area contributed by atoms with E-state index < -0.39 is 0 Å². The lowest BCUT2D eigenvalue weighted by molar-refractivity contribution is 0.154. The lowest BCUT2D eigenvalue weighted by Gasteiger charge is -2.19. The van der Waals surface area contributed by atoms with E-state index in [1.165, 1.54) is 25.9 Å². The Hall–Kier alpha value is -0.0800. The summed E-state index contributed by atoms with van der Waals surface area (Å²) in [5.74, 6) is 0. The molecule has 0 aromatic rings. The van der Waals surface area contributed by atoms with Crippen LogP contribution in [0.15, 0.2) is 0 Å². The van der Waals surface area contributed by atoms with Gasteiger partial charge in [0.25, 0.3) is 0 Å². The van der Waals surface area contributed by atoms with E-state index in [0.29, 0.717) is 5.41 Å². The van der Waals surface area contributed by atoms with Crippen molar-refractivity contribution in [2.24, 2.45) is 5.41 Å². The minimum absolute atomic E-state index is 0.564. The van der Waals surface area contributed by atoms with E-state index in [1.807, 2.05) is 27.7 Å². The molecule has 1 atom stereocenters. The maximum atomic E-state index is 5.40. The van der Waals surface area contributed by atoms with Crippen LogP contribution in [0, 0.1) is 5.41 Å². The number of ether oxygens (including phenoxy) is 1. The first-order valence-corrected chi connectivity index (χ1v) is 6.07. The summed E-state index contributed by atoms with van der Waals surface area (Å²) in [5.41, 5.74) is 0.564. The highest BCUT2D eigenvalue weighted by Crippen LogP contribution is 2.37. The van der Waals surface area contributed by atoms with Gasteiger partial charge in [-0.2, -0.15) is 0 Å². The first-order chi connectivity index (χ1) is 6.81. The van der Waals surface area contributed by atoms with Crippen LogP contribution in [-0.2, 0) is 4.74 Å². The van der Waals surface area contributed by atoms with E-state index in [2.05, 4.69) is 11.9 Å². The van der Waals surface area contributed by atoms with Crippen molar-refractivity contribution in [3.8, 4) is 0 Å². The summed E-state index contributed by atoms with van der Waals surface area (Å²) >= 11 is 0. The summed E-state index contributed by atoms with van der Waals surface area (Å²) in [6.45, 7) is 12.5. The van der Waals surface area contributed by atoms with Crippen LogP contribution in [0.3, 0.4) is 0 Å². The van der Waals surface area contributed by atoms with Gasteiger partial charge in [0.05, 0.1) is 6.61 Å². The topological polar surface area (TPSA) is 12.5 Å². The third kappa shape index (κ3) is 3.58. The van der Waals surface area contributed by atoms with Crippen LogP contribution in [0.5, 0.6) is 0 Å². The molecule has 0 radical (unpaired) electrons. The van der Waals surface area contributed by atoms with E-state index in [4.69, 9.17) is 4.74 Å². The lowest BCUT2D eigenvalue weighted by atomic mass is 9.87. The van der Waals surface area contributed by atoms with E-state index in [-0.39, 0.29) is 0 Å². The number of likely N-dealkylation sites (tertiary alicyclic amines) is 1. The second-order valence-electron chi connectivity index (χ2n) is 3.79. The first kappa shape index (κ1) is 13.9. The number of hydrogen-bond acceptors (Lipinski definition) is 2. The van der Waals surface area contributed by atoms with Crippen molar-refractivity contribution in [1.29, 1.82) is 0 Å². The molecule has 2 saturated heterocycles. The molecule has 0 amide bonds. The Bertz CT molecular complexity index is 130. The highest BCUT2D eigenvalue weighted by molar-refractivity contribution is 4.91. The zero-order valence-electron chi connectivity index (χ0n) is 10.6. The quantitative estimate of drug-likeness (QED) is 0.597. The maximum absolute atomic E-state index is 5.40. The molecular weight excluding hydrogens is 174 g/mol. The molecule has 2 aliphatic heterocycles. The smallest absolute Gasteiger partial charge is 0.0536 e. The Balaban J connectivity index is 0.000000379. The molecule has 2 heteroatoms. The van der Waals surface area contributed by atoms with Crippen LogP contribution < -0.4 is 0 Å². The second kappa shape index (κ2) is 7.24. The zero-order valence-corrected chi connectivity index (χ0v) is 10.6. The minimum atomic E-state index is 0.564. The Morgan fingerprint density at radius 3 is 2.07 bits per heavy atom. The SMILES string of the molecule is CC.CC.CN1CCC2(CCOC2)C1. The average Bonchev–Trinajstić information content (AvgIpc) is 2.84. The molecule has 0 aliphatic carbocycles. The molecular formula is C12H27NO. The predicted molar refractivity (Wildman–Crippen MR) is 62.7 cm³/mol. The molecule has 14 heavy (non-hydrogen) atoms. The van der Waals surface area contributed by atoms with Crippen LogP contribution in [0.4, 0.5) is 0 Å². The van der Waals surface area contributed by atoms with Crippen molar-refractivity contribution in [3.05, 3.63) is 0 Å². The van der Waals surface area contributed by atoms with Gasteiger partial charge in [-0.25, -0.2) is 0 Å². The molecule has 0 aromatic heterocycles. The van der Waals surface area contributed by atoms with Crippen LogP contribution in [0.1, 0.15) is 40.5 Å². The van der Waals surface area contributed by atoms with E-state index >= 15 is 0 Å². The summed E-state index contributed by atoms with van der Waals surface area (Å²) in [6.07, 6.45) is 2.64. The fourth-order valence-electron chi connectivity index (χ4n) is 2.13. The van der Waals surface area contributed by atoms with Gasteiger partial charge in [0.2, 0.25) is 0 Å². The summed E-state index contributed by atoms with van der Waals surface area (Å²) < 4.78 is 5.40. The monoisotopic (exact) mass is 201 g/mol. The molecule has 86 valence electrons. The predicted octanol–water partition coefficient (Wildman–Crippen LogP) is 2.78. The minimum Gasteiger partial charge on any atom is -0.381 e. The molecule has 2 heterocycles. The van der Waals surface area contributed by atoms with Crippen molar-refractivity contribution >= 4 is 0 Å². The van der Waals surface area contributed by atoms with Gasteiger partial charge in [0.15, 0.2) is 0 Å².